The number of hydrogen-bond acceptors (Lipinski definition) is 5. The number of pyridine rings is 1. The third-order valence-corrected chi connectivity index (χ3v) is 4.44. The smallest absolute Gasteiger partial charge is 0.406 e. The number of nitrogens with zero attached hydrogens (tertiary/aromatic N) is 2. The van der Waals surface area contributed by atoms with Crippen LogP contribution in [0.15, 0.2) is 54.3 Å². The quantitative estimate of drug-likeness (QED) is 0.671. The van der Waals surface area contributed by atoms with Crippen molar-refractivity contribution in [2.24, 2.45) is 0 Å². The van der Waals surface area contributed by atoms with Gasteiger partial charge in [-0.1, -0.05) is 6.07 Å². The topological polar surface area (TPSA) is 64.1 Å². The molecule has 9 heteroatoms. The molecule has 3 aromatic rings. The highest BCUT2D eigenvalue weighted by molar-refractivity contribution is 7.12. The zero-order chi connectivity index (χ0) is 19.3. The van der Waals surface area contributed by atoms with Crippen LogP contribution in [0.3, 0.4) is 0 Å². The number of nitrogens with one attached hydrogen (secondary N) is 1. The minimum absolute atomic E-state index is 0.204. The van der Waals surface area contributed by atoms with Gasteiger partial charge >= 0.3 is 6.36 Å². The summed E-state index contributed by atoms with van der Waals surface area (Å²) in [6.07, 6.45) is -0.143. The summed E-state index contributed by atoms with van der Waals surface area (Å²) in [5.41, 5.74) is 3.48. The van der Waals surface area contributed by atoms with Crippen LogP contribution in [0.1, 0.15) is 20.9 Å². The summed E-state index contributed by atoms with van der Waals surface area (Å²) in [7, 11) is 0. The summed E-state index contributed by atoms with van der Waals surface area (Å²) in [6.45, 7) is 0. The Morgan fingerprint density at radius 2 is 1.93 bits per heavy atom. The van der Waals surface area contributed by atoms with E-state index in [0.29, 0.717) is 23.4 Å². The number of aryl methyl sites for hydroxylation is 2. The van der Waals surface area contributed by atoms with E-state index in [2.05, 4.69) is 20.0 Å². The first kappa shape index (κ1) is 18.8. The Labute approximate surface area is 156 Å². The molecule has 2 heterocycles. The first-order valence-corrected chi connectivity index (χ1v) is 8.77. The highest BCUT2D eigenvalue weighted by Gasteiger charge is 2.31. The number of rotatable bonds is 6. The maximum atomic E-state index is 12.5. The van der Waals surface area contributed by atoms with Crippen molar-refractivity contribution in [2.45, 2.75) is 19.2 Å². The Bertz CT molecular complexity index is 913. The van der Waals surface area contributed by atoms with Crippen molar-refractivity contribution in [3.63, 3.8) is 0 Å². The van der Waals surface area contributed by atoms with Crippen LogP contribution in [0.25, 0.3) is 0 Å². The Kier molecular flexibility index (Phi) is 5.70. The molecule has 0 aliphatic rings. The zero-order valence-electron chi connectivity index (χ0n) is 13.9. The maximum Gasteiger partial charge on any atom is 0.573 e. The van der Waals surface area contributed by atoms with Gasteiger partial charge in [0.05, 0.1) is 11.2 Å². The minimum atomic E-state index is -4.79. The molecule has 0 atom stereocenters. The van der Waals surface area contributed by atoms with E-state index in [0.717, 1.165) is 17.7 Å². The minimum Gasteiger partial charge on any atom is -0.406 e. The van der Waals surface area contributed by atoms with E-state index in [1.165, 1.54) is 23.5 Å². The largest absolute Gasteiger partial charge is 0.573 e. The molecular weight excluding hydrogens is 379 g/mol. The third-order valence-electron chi connectivity index (χ3n) is 3.57. The third kappa shape index (κ3) is 5.52. The summed E-state index contributed by atoms with van der Waals surface area (Å²) in [4.78, 5) is 21.1. The molecule has 1 N–H and O–H groups in total. The van der Waals surface area contributed by atoms with Crippen molar-refractivity contribution >= 4 is 22.9 Å². The van der Waals surface area contributed by atoms with Crippen molar-refractivity contribution < 1.29 is 22.7 Å². The van der Waals surface area contributed by atoms with Gasteiger partial charge in [-0.25, -0.2) is 4.98 Å². The van der Waals surface area contributed by atoms with Gasteiger partial charge in [-0.05, 0) is 42.7 Å². The number of hydrogen-bond donors (Lipinski definition) is 1. The van der Waals surface area contributed by atoms with Gasteiger partial charge in [0.25, 0.3) is 5.91 Å². The second kappa shape index (κ2) is 8.17. The number of ether oxygens (including phenoxy) is 1. The van der Waals surface area contributed by atoms with Crippen LogP contribution in [-0.4, -0.2) is 22.2 Å². The number of amides is 1. The molecule has 0 radical (unpaired) electrons. The Morgan fingerprint density at radius 3 is 2.67 bits per heavy atom. The standard InChI is InChI=1S/C18H14F3N3O2S/c19-18(20,21)26-14-3-1-2-13(10-14)24-17(25)16-15(23-11-27-16)5-4-12-6-8-22-9-7-12/h1-3,6-11H,4-5H2,(H,24,25). The molecule has 3 rings (SSSR count). The number of alkyl halides is 3. The summed E-state index contributed by atoms with van der Waals surface area (Å²) in [5.74, 6) is -0.825. The van der Waals surface area contributed by atoms with Crippen LogP contribution in [0, 0.1) is 0 Å². The molecule has 0 aliphatic carbocycles. The first-order valence-electron chi connectivity index (χ1n) is 7.89. The van der Waals surface area contributed by atoms with Crippen molar-refractivity contribution in [1.29, 1.82) is 0 Å². The molecule has 0 saturated heterocycles. The van der Waals surface area contributed by atoms with Gasteiger partial charge in [0.15, 0.2) is 0 Å². The molecule has 2 aromatic heterocycles. The van der Waals surface area contributed by atoms with Crippen LogP contribution >= 0.6 is 11.3 Å². The van der Waals surface area contributed by atoms with E-state index in [4.69, 9.17) is 0 Å². The lowest BCUT2D eigenvalue weighted by Gasteiger charge is -2.10. The van der Waals surface area contributed by atoms with Crippen LogP contribution in [0.4, 0.5) is 18.9 Å². The van der Waals surface area contributed by atoms with Crippen molar-refractivity contribution in [2.75, 3.05) is 5.32 Å². The van der Waals surface area contributed by atoms with Gasteiger partial charge in [-0.2, -0.15) is 0 Å². The fourth-order valence-corrected chi connectivity index (χ4v) is 3.14. The predicted octanol–water partition coefficient (Wildman–Crippen LogP) is 4.47. The van der Waals surface area contributed by atoms with Gasteiger partial charge in [-0.15, -0.1) is 24.5 Å². The first-order chi connectivity index (χ1) is 12.9. The van der Waals surface area contributed by atoms with Crippen LogP contribution < -0.4 is 10.1 Å². The number of halogens is 3. The normalized spacial score (nSPS) is 11.2. The van der Waals surface area contributed by atoms with Crippen LogP contribution in [-0.2, 0) is 12.8 Å². The second-order valence-electron chi connectivity index (χ2n) is 5.51. The monoisotopic (exact) mass is 393 g/mol. The molecule has 0 unspecified atom stereocenters. The summed E-state index contributed by atoms with van der Waals surface area (Å²) >= 11 is 1.18. The lowest BCUT2D eigenvalue weighted by atomic mass is 10.1. The molecule has 5 nitrogen and oxygen atoms in total. The predicted molar refractivity (Wildman–Crippen MR) is 94.8 cm³/mol. The molecule has 0 fully saturated rings. The zero-order valence-corrected chi connectivity index (χ0v) is 14.7. The molecule has 27 heavy (non-hydrogen) atoms. The van der Waals surface area contributed by atoms with E-state index in [9.17, 15) is 18.0 Å². The fourth-order valence-electron chi connectivity index (χ4n) is 2.40. The summed E-state index contributed by atoms with van der Waals surface area (Å²) in [6, 6.07) is 8.90. The molecule has 0 saturated carbocycles. The van der Waals surface area contributed by atoms with E-state index in [1.54, 1.807) is 17.9 Å². The molecule has 0 aliphatic heterocycles. The summed E-state index contributed by atoms with van der Waals surface area (Å²) < 4.78 is 40.8. The van der Waals surface area contributed by atoms with E-state index in [1.807, 2.05) is 12.1 Å². The molecule has 1 aromatic carbocycles. The van der Waals surface area contributed by atoms with Gasteiger partial charge in [0, 0.05) is 24.1 Å². The number of carbonyl (C=O) groups is 1. The number of thiazole rings is 1. The fraction of sp³-hybridized carbons (Fsp3) is 0.167. The SMILES string of the molecule is O=C(Nc1cccc(OC(F)(F)F)c1)c1scnc1CCc1ccncc1. The van der Waals surface area contributed by atoms with Gasteiger partial charge in [-0.3, -0.25) is 9.78 Å². The number of carbonyl (C=O) groups excluding carboxylic acids is 1. The van der Waals surface area contributed by atoms with E-state index < -0.39 is 18.0 Å². The number of benzene rings is 1. The average molecular weight is 393 g/mol. The summed E-state index contributed by atoms with van der Waals surface area (Å²) in [5, 5.41) is 2.58. The average Bonchev–Trinajstić information content (AvgIpc) is 3.08. The van der Waals surface area contributed by atoms with Gasteiger partial charge in [0.2, 0.25) is 0 Å². The number of aromatic nitrogens is 2. The highest BCUT2D eigenvalue weighted by atomic mass is 32.1. The highest BCUT2D eigenvalue weighted by Crippen LogP contribution is 2.26. The Balaban J connectivity index is 1.67. The van der Waals surface area contributed by atoms with Crippen LogP contribution in [0.2, 0.25) is 0 Å². The van der Waals surface area contributed by atoms with Crippen LogP contribution in [0.5, 0.6) is 5.75 Å². The molecule has 1 amide bonds. The lowest BCUT2D eigenvalue weighted by molar-refractivity contribution is -0.274. The maximum absolute atomic E-state index is 12.5. The van der Waals surface area contributed by atoms with Crippen molar-refractivity contribution in [3.8, 4) is 5.75 Å². The van der Waals surface area contributed by atoms with Crippen molar-refractivity contribution in [3.05, 3.63) is 70.4 Å². The molecule has 140 valence electrons. The Morgan fingerprint density at radius 1 is 1.15 bits per heavy atom. The molecular formula is C18H14F3N3O2S. The lowest BCUT2D eigenvalue weighted by Crippen LogP contribution is -2.17. The van der Waals surface area contributed by atoms with Gasteiger partial charge in [0.1, 0.15) is 10.6 Å². The van der Waals surface area contributed by atoms with Crippen molar-refractivity contribution in [1.82, 2.24) is 9.97 Å². The Hall–Kier alpha value is -2.94. The second-order valence-corrected chi connectivity index (χ2v) is 6.37. The van der Waals surface area contributed by atoms with E-state index >= 15 is 0 Å². The van der Waals surface area contributed by atoms with Gasteiger partial charge < -0.3 is 10.1 Å². The van der Waals surface area contributed by atoms with E-state index in [-0.39, 0.29) is 5.69 Å². The number of anilines is 1. The molecule has 0 bridgehead atoms. The molecule has 0 spiro atoms.